The monoisotopic (exact) mass is 440 g/mol. The Kier molecular flexibility index (Phi) is 5.89. The molecule has 0 fully saturated rings. The molecule has 3 heterocycles. The average Bonchev–Trinajstić information content (AvgIpc) is 3.41. The van der Waals surface area contributed by atoms with Gasteiger partial charge in [-0.05, 0) is 30.0 Å². The fourth-order valence-electron chi connectivity index (χ4n) is 2.62. The number of aromatic nitrogens is 2. The predicted octanol–water partition coefficient (Wildman–Crippen LogP) is 4.28. The van der Waals surface area contributed by atoms with Crippen molar-refractivity contribution in [3.63, 3.8) is 0 Å². The number of rotatable bonds is 5. The molecule has 2 N–H and O–H groups in total. The SMILES string of the molecule is Cc1nc(SCC(=O)NNC(=O)c2cccs2)c2cc(-c3ccccc3)sc2n1. The fraction of sp³-hybridized carbons (Fsp3) is 0.100. The molecule has 0 aliphatic heterocycles. The molecule has 0 aliphatic rings. The first-order chi connectivity index (χ1) is 14.1. The summed E-state index contributed by atoms with van der Waals surface area (Å²) in [4.78, 5) is 35.6. The molecule has 146 valence electrons. The average molecular weight is 441 g/mol. The van der Waals surface area contributed by atoms with E-state index in [1.54, 1.807) is 28.8 Å². The van der Waals surface area contributed by atoms with Crippen LogP contribution in [0.1, 0.15) is 15.5 Å². The van der Waals surface area contributed by atoms with E-state index in [1.807, 2.05) is 25.1 Å². The van der Waals surface area contributed by atoms with Crippen LogP contribution in [0.4, 0.5) is 0 Å². The number of benzene rings is 1. The summed E-state index contributed by atoms with van der Waals surface area (Å²) in [5, 5.41) is 3.49. The Morgan fingerprint density at radius 2 is 1.90 bits per heavy atom. The lowest BCUT2D eigenvalue weighted by molar-refractivity contribution is -0.119. The molecule has 0 atom stereocenters. The van der Waals surface area contributed by atoms with Crippen LogP contribution in [0.15, 0.2) is 58.9 Å². The Morgan fingerprint density at radius 1 is 1.07 bits per heavy atom. The minimum Gasteiger partial charge on any atom is -0.272 e. The number of nitrogens with zero attached hydrogens (tertiary/aromatic N) is 2. The van der Waals surface area contributed by atoms with E-state index < -0.39 is 0 Å². The summed E-state index contributed by atoms with van der Waals surface area (Å²) >= 11 is 4.24. The highest BCUT2D eigenvalue weighted by Gasteiger charge is 2.14. The maximum Gasteiger partial charge on any atom is 0.279 e. The minimum absolute atomic E-state index is 0.132. The Bertz CT molecular complexity index is 1160. The molecule has 1 aromatic carbocycles. The molecule has 29 heavy (non-hydrogen) atoms. The number of hydrogen-bond donors (Lipinski definition) is 2. The van der Waals surface area contributed by atoms with Crippen LogP contribution in [0.3, 0.4) is 0 Å². The first-order valence-electron chi connectivity index (χ1n) is 8.69. The van der Waals surface area contributed by atoms with Gasteiger partial charge in [-0.3, -0.25) is 20.4 Å². The number of fused-ring (bicyclic) bond motifs is 1. The first kappa shape index (κ1) is 19.6. The second kappa shape index (κ2) is 8.73. The molecule has 0 unspecified atom stereocenters. The molecule has 4 aromatic rings. The Balaban J connectivity index is 1.45. The van der Waals surface area contributed by atoms with Crippen molar-refractivity contribution < 1.29 is 9.59 Å². The fourth-order valence-corrected chi connectivity index (χ4v) is 5.23. The van der Waals surface area contributed by atoms with Crippen LogP contribution in [0.5, 0.6) is 0 Å². The van der Waals surface area contributed by atoms with Crippen molar-refractivity contribution in [1.82, 2.24) is 20.8 Å². The largest absolute Gasteiger partial charge is 0.279 e. The standard InChI is InChI=1S/C20H16N4O2S3/c1-12-21-19(28-11-17(25)23-24-18(26)15-8-5-9-27-15)14-10-16(29-20(14)22-12)13-6-3-2-4-7-13/h2-10H,11H2,1H3,(H,23,25)(H,24,26). The van der Waals surface area contributed by atoms with E-state index in [4.69, 9.17) is 0 Å². The van der Waals surface area contributed by atoms with Crippen molar-refractivity contribution in [2.45, 2.75) is 11.9 Å². The summed E-state index contributed by atoms with van der Waals surface area (Å²) in [5.74, 6) is 0.159. The van der Waals surface area contributed by atoms with E-state index in [0.717, 1.165) is 25.7 Å². The lowest BCUT2D eigenvalue weighted by Gasteiger charge is -2.06. The summed E-state index contributed by atoms with van der Waals surface area (Å²) in [7, 11) is 0. The van der Waals surface area contributed by atoms with Gasteiger partial charge in [0.2, 0.25) is 5.91 Å². The topological polar surface area (TPSA) is 84.0 Å². The molecule has 6 nitrogen and oxygen atoms in total. The predicted molar refractivity (Wildman–Crippen MR) is 118 cm³/mol. The number of thioether (sulfide) groups is 1. The molecule has 0 saturated carbocycles. The van der Waals surface area contributed by atoms with Crippen LogP contribution >= 0.6 is 34.4 Å². The number of nitrogens with one attached hydrogen (secondary N) is 2. The zero-order valence-corrected chi connectivity index (χ0v) is 17.8. The summed E-state index contributed by atoms with van der Waals surface area (Å²) < 4.78 is 0. The highest BCUT2D eigenvalue weighted by molar-refractivity contribution is 8.00. The van der Waals surface area contributed by atoms with E-state index in [9.17, 15) is 9.59 Å². The van der Waals surface area contributed by atoms with Gasteiger partial charge in [0, 0.05) is 10.3 Å². The van der Waals surface area contributed by atoms with Gasteiger partial charge in [-0.1, -0.05) is 48.2 Å². The van der Waals surface area contributed by atoms with Crippen molar-refractivity contribution in [3.05, 3.63) is 64.6 Å². The van der Waals surface area contributed by atoms with Crippen LogP contribution < -0.4 is 10.9 Å². The molecule has 0 saturated heterocycles. The van der Waals surface area contributed by atoms with E-state index in [-0.39, 0.29) is 17.6 Å². The third-order valence-corrected chi connectivity index (χ3v) is 6.87. The van der Waals surface area contributed by atoms with E-state index in [0.29, 0.717) is 10.7 Å². The van der Waals surface area contributed by atoms with E-state index >= 15 is 0 Å². The Morgan fingerprint density at radius 3 is 2.66 bits per heavy atom. The van der Waals surface area contributed by atoms with Gasteiger partial charge in [-0.15, -0.1) is 22.7 Å². The second-order valence-corrected chi connectivity index (χ2v) is 8.98. The van der Waals surface area contributed by atoms with Gasteiger partial charge in [0.25, 0.3) is 5.91 Å². The van der Waals surface area contributed by atoms with Crippen molar-refractivity contribution in [1.29, 1.82) is 0 Å². The molecule has 0 spiro atoms. The number of carbonyl (C=O) groups is 2. The quantitative estimate of drug-likeness (QED) is 0.275. The van der Waals surface area contributed by atoms with Crippen LogP contribution in [0, 0.1) is 6.92 Å². The third-order valence-electron chi connectivity index (χ3n) is 3.93. The van der Waals surface area contributed by atoms with Crippen LogP contribution in [0.25, 0.3) is 20.7 Å². The van der Waals surface area contributed by atoms with Gasteiger partial charge in [0.15, 0.2) is 0 Å². The van der Waals surface area contributed by atoms with Gasteiger partial charge < -0.3 is 0 Å². The van der Waals surface area contributed by atoms with Crippen molar-refractivity contribution in [3.8, 4) is 10.4 Å². The number of carbonyl (C=O) groups excluding carboxylic acids is 2. The van der Waals surface area contributed by atoms with Gasteiger partial charge in [-0.2, -0.15) is 0 Å². The van der Waals surface area contributed by atoms with E-state index in [1.165, 1.54) is 23.1 Å². The van der Waals surface area contributed by atoms with Gasteiger partial charge >= 0.3 is 0 Å². The summed E-state index contributed by atoms with van der Waals surface area (Å²) in [6.07, 6.45) is 0. The second-order valence-electron chi connectivity index (χ2n) is 6.04. The summed E-state index contributed by atoms with van der Waals surface area (Å²) in [6, 6.07) is 15.6. The number of hydrogen-bond acceptors (Lipinski definition) is 7. The Hall–Kier alpha value is -2.75. The number of aryl methyl sites for hydroxylation is 1. The molecule has 0 radical (unpaired) electrons. The highest BCUT2D eigenvalue weighted by atomic mass is 32.2. The number of amides is 2. The first-order valence-corrected chi connectivity index (χ1v) is 11.4. The van der Waals surface area contributed by atoms with Crippen molar-refractivity contribution >= 4 is 56.5 Å². The molecule has 0 bridgehead atoms. The van der Waals surface area contributed by atoms with E-state index in [2.05, 4.69) is 39.0 Å². The maximum absolute atomic E-state index is 12.2. The summed E-state index contributed by atoms with van der Waals surface area (Å²) in [6.45, 7) is 1.84. The summed E-state index contributed by atoms with van der Waals surface area (Å²) in [5.41, 5.74) is 5.99. The van der Waals surface area contributed by atoms with Crippen molar-refractivity contribution in [2.75, 3.05) is 5.75 Å². The lowest BCUT2D eigenvalue weighted by atomic mass is 10.2. The minimum atomic E-state index is -0.330. The molecule has 3 aromatic heterocycles. The number of hydrazine groups is 1. The Labute approximate surface area is 179 Å². The van der Waals surface area contributed by atoms with Crippen LogP contribution in [0.2, 0.25) is 0 Å². The molecule has 0 aliphatic carbocycles. The lowest BCUT2D eigenvalue weighted by Crippen LogP contribution is -2.42. The molecule has 9 heteroatoms. The normalized spacial score (nSPS) is 10.8. The molecule has 2 amide bonds. The molecule has 4 rings (SSSR count). The third kappa shape index (κ3) is 4.64. The zero-order chi connectivity index (χ0) is 20.2. The van der Waals surface area contributed by atoms with Gasteiger partial charge in [0.1, 0.15) is 15.7 Å². The van der Waals surface area contributed by atoms with Crippen molar-refractivity contribution in [2.24, 2.45) is 0 Å². The van der Waals surface area contributed by atoms with Gasteiger partial charge in [0.05, 0.1) is 10.6 Å². The van der Waals surface area contributed by atoms with Gasteiger partial charge in [-0.25, -0.2) is 9.97 Å². The molecular weight excluding hydrogens is 424 g/mol. The number of thiophene rings is 2. The van der Waals surface area contributed by atoms with Crippen LogP contribution in [-0.4, -0.2) is 27.5 Å². The molecular formula is C20H16N4O2S3. The highest BCUT2D eigenvalue weighted by Crippen LogP contribution is 2.36. The zero-order valence-electron chi connectivity index (χ0n) is 15.3. The maximum atomic E-state index is 12.2. The smallest absolute Gasteiger partial charge is 0.272 e. The van der Waals surface area contributed by atoms with Crippen LogP contribution in [-0.2, 0) is 4.79 Å².